The van der Waals surface area contributed by atoms with Crippen molar-refractivity contribution in [1.82, 2.24) is 25.1 Å². The Bertz CT molecular complexity index is 1070. The van der Waals surface area contributed by atoms with Gasteiger partial charge in [0.05, 0.1) is 6.20 Å². The number of hydrogen-bond acceptors (Lipinski definition) is 9. The van der Waals surface area contributed by atoms with Crippen molar-refractivity contribution < 1.29 is 13.9 Å². The molecule has 0 atom stereocenters. The second-order valence-electron chi connectivity index (χ2n) is 6.47. The molecule has 30 heavy (non-hydrogen) atoms. The van der Waals surface area contributed by atoms with Crippen LogP contribution in [0.5, 0.6) is 0 Å². The monoisotopic (exact) mass is 405 g/mol. The molecular weight excluding hydrogens is 386 g/mol. The van der Waals surface area contributed by atoms with E-state index in [0.717, 1.165) is 5.56 Å². The molecular formula is C20H19N7O3. The Morgan fingerprint density at radius 2 is 1.90 bits per heavy atom. The fraction of sp³-hybridized carbons (Fsp3) is 0.250. The zero-order valence-electron chi connectivity index (χ0n) is 16.1. The topological polar surface area (TPSA) is 124 Å². The predicted octanol–water partition coefficient (Wildman–Crippen LogP) is 1.67. The molecule has 3 aromatic rings. The van der Waals surface area contributed by atoms with Crippen molar-refractivity contribution in [2.75, 3.05) is 43.4 Å². The number of carbonyl (C=O) groups is 1. The van der Waals surface area contributed by atoms with Crippen LogP contribution in [0.4, 0.5) is 16.4 Å². The van der Waals surface area contributed by atoms with E-state index in [9.17, 15) is 4.79 Å². The van der Waals surface area contributed by atoms with Crippen LogP contribution in [0.1, 0.15) is 0 Å². The lowest BCUT2D eigenvalue weighted by Gasteiger charge is -2.34. The van der Waals surface area contributed by atoms with E-state index in [1.165, 1.54) is 0 Å². The molecule has 0 radical (unpaired) electrons. The number of aromatic nitrogens is 4. The van der Waals surface area contributed by atoms with Crippen LogP contribution in [0.2, 0.25) is 0 Å². The average Bonchev–Trinajstić information content (AvgIpc) is 3.28. The molecule has 1 amide bonds. The van der Waals surface area contributed by atoms with Crippen LogP contribution in [0.25, 0.3) is 23.0 Å². The highest BCUT2D eigenvalue weighted by molar-refractivity contribution is 5.69. The maximum Gasteiger partial charge on any atom is 0.410 e. The smallest absolute Gasteiger partial charge is 0.410 e. The van der Waals surface area contributed by atoms with Gasteiger partial charge in [0.2, 0.25) is 5.89 Å². The van der Waals surface area contributed by atoms with Crippen LogP contribution in [-0.2, 0) is 4.74 Å². The zero-order valence-corrected chi connectivity index (χ0v) is 16.1. The number of carbonyl (C=O) groups excluding carboxylic acids is 1. The number of amides is 1. The zero-order chi connectivity index (χ0) is 20.9. The highest BCUT2D eigenvalue weighted by atomic mass is 16.6. The molecule has 4 rings (SSSR count). The van der Waals surface area contributed by atoms with Crippen LogP contribution in [0, 0.1) is 12.3 Å². The lowest BCUT2D eigenvalue weighted by atomic mass is 10.2. The highest BCUT2D eigenvalue weighted by Gasteiger charge is 2.24. The van der Waals surface area contributed by atoms with Crippen molar-refractivity contribution in [3.05, 3.63) is 36.5 Å². The summed E-state index contributed by atoms with van der Waals surface area (Å²) in [4.78, 5) is 24.3. The normalized spacial score (nSPS) is 13.7. The number of nitrogens with zero attached hydrogens (tertiary/aromatic N) is 6. The molecule has 1 aromatic carbocycles. The van der Waals surface area contributed by atoms with E-state index in [1.807, 2.05) is 35.2 Å². The molecule has 10 nitrogen and oxygen atoms in total. The summed E-state index contributed by atoms with van der Waals surface area (Å²) >= 11 is 0. The fourth-order valence-electron chi connectivity index (χ4n) is 3.03. The average molecular weight is 405 g/mol. The largest absolute Gasteiger partial charge is 0.436 e. The Hall–Kier alpha value is -4.13. The molecule has 0 unspecified atom stereocenters. The van der Waals surface area contributed by atoms with Gasteiger partial charge in [-0.25, -0.2) is 14.8 Å². The number of ether oxygens (including phenoxy) is 1. The SMILES string of the molecule is C#CCOC(=O)N1CCN(c2cnc(N)c(-c3nnc(-c4ccccc4)o3)n2)CC1. The fourth-order valence-corrected chi connectivity index (χ4v) is 3.03. The van der Waals surface area contributed by atoms with Crippen LogP contribution >= 0.6 is 0 Å². The van der Waals surface area contributed by atoms with Crippen LogP contribution in [-0.4, -0.2) is 63.9 Å². The van der Waals surface area contributed by atoms with E-state index in [-0.39, 0.29) is 18.3 Å². The number of nitrogen functional groups attached to an aromatic ring is 1. The van der Waals surface area contributed by atoms with Gasteiger partial charge in [-0.1, -0.05) is 24.1 Å². The van der Waals surface area contributed by atoms with Crippen molar-refractivity contribution in [1.29, 1.82) is 0 Å². The Kier molecular flexibility index (Phi) is 5.43. The van der Waals surface area contributed by atoms with Crippen LogP contribution in [0.15, 0.2) is 40.9 Å². The molecule has 152 valence electrons. The Morgan fingerprint density at radius 1 is 1.17 bits per heavy atom. The second kappa shape index (κ2) is 8.48. The van der Waals surface area contributed by atoms with Gasteiger partial charge in [-0.15, -0.1) is 16.6 Å². The van der Waals surface area contributed by atoms with Crippen LogP contribution < -0.4 is 10.6 Å². The maximum atomic E-state index is 11.9. The van der Waals surface area contributed by atoms with Crippen molar-refractivity contribution >= 4 is 17.7 Å². The molecule has 1 aliphatic rings. The van der Waals surface area contributed by atoms with E-state index >= 15 is 0 Å². The summed E-state index contributed by atoms with van der Waals surface area (Å²) < 4.78 is 10.7. The molecule has 10 heteroatoms. The Balaban J connectivity index is 1.49. The Morgan fingerprint density at radius 3 is 2.63 bits per heavy atom. The van der Waals surface area contributed by atoms with Gasteiger partial charge >= 0.3 is 6.09 Å². The number of benzene rings is 1. The third-order valence-electron chi connectivity index (χ3n) is 4.58. The minimum atomic E-state index is -0.420. The molecule has 3 heterocycles. The van der Waals surface area contributed by atoms with Crippen molar-refractivity contribution in [3.8, 4) is 35.4 Å². The first-order chi connectivity index (χ1) is 14.7. The van der Waals surface area contributed by atoms with Gasteiger partial charge in [0, 0.05) is 31.7 Å². The first-order valence-electron chi connectivity index (χ1n) is 9.27. The van der Waals surface area contributed by atoms with E-state index in [1.54, 1.807) is 11.1 Å². The molecule has 1 aliphatic heterocycles. The number of hydrogen-bond donors (Lipinski definition) is 1. The van der Waals surface area contributed by atoms with E-state index in [2.05, 4.69) is 26.1 Å². The Labute approximate surface area is 172 Å². The summed E-state index contributed by atoms with van der Waals surface area (Å²) in [7, 11) is 0. The summed E-state index contributed by atoms with van der Waals surface area (Å²) in [6, 6.07) is 9.42. The summed E-state index contributed by atoms with van der Waals surface area (Å²) in [5.41, 5.74) is 7.12. The molecule has 0 spiro atoms. The predicted molar refractivity (Wildman–Crippen MR) is 109 cm³/mol. The summed E-state index contributed by atoms with van der Waals surface area (Å²) in [5.74, 6) is 3.64. The summed E-state index contributed by atoms with van der Waals surface area (Å²) in [5, 5.41) is 8.14. The number of rotatable bonds is 4. The van der Waals surface area contributed by atoms with E-state index in [4.69, 9.17) is 21.3 Å². The standard InChI is InChI=1S/C20H19N7O3/c1-2-12-29-20(28)27-10-8-26(9-11-27)15-13-22-17(21)16(23-15)19-25-24-18(30-19)14-6-4-3-5-7-14/h1,3-7,13H,8-12H2,(H2,21,22). The highest BCUT2D eigenvalue weighted by Crippen LogP contribution is 2.27. The molecule has 2 aromatic heterocycles. The molecule has 2 N–H and O–H groups in total. The first-order valence-corrected chi connectivity index (χ1v) is 9.27. The molecule has 1 saturated heterocycles. The third kappa shape index (κ3) is 4.00. The number of nitrogens with two attached hydrogens (primary N) is 1. The summed E-state index contributed by atoms with van der Waals surface area (Å²) in [6.07, 6.45) is 6.28. The van der Waals surface area contributed by atoms with Gasteiger partial charge in [-0.2, -0.15) is 0 Å². The molecule has 1 fully saturated rings. The van der Waals surface area contributed by atoms with Crippen molar-refractivity contribution in [2.24, 2.45) is 0 Å². The number of anilines is 2. The van der Waals surface area contributed by atoms with Gasteiger partial charge in [0.15, 0.2) is 18.1 Å². The molecule has 0 bridgehead atoms. The third-order valence-corrected chi connectivity index (χ3v) is 4.58. The van der Waals surface area contributed by atoms with E-state index in [0.29, 0.717) is 43.6 Å². The lowest BCUT2D eigenvalue weighted by molar-refractivity contribution is 0.111. The van der Waals surface area contributed by atoms with Crippen molar-refractivity contribution in [2.45, 2.75) is 0 Å². The maximum absolute atomic E-state index is 11.9. The minimum absolute atomic E-state index is 0.0407. The van der Waals surface area contributed by atoms with Crippen molar-refractivity contribution in [3.63, 3.8) is 0 Å². The number of terminal acetylenes is 1. The van der Waals surface area contributed by atoms with Gasteiger partial charge in [-0.3, -0.25) is 0 Å². The van der Waals surface area contributed by atoms with Crippen LogP contribution in [0.3, 0.4) is 0 Å². The van der Waals surface area contributed by atoms with Gasteiger partial charge in [0.25, 0.3) is 5.89 Å². The quantitative estimate of drug-likeness (QED) is 0.645. The van der Waals surface area contributed by atoms with Gasteiger partial charge in [0.1, 0.15) is 5.82 Å². The lowest BCUT2D eigenvalue weighted by Crippen LogP contribution is -2.49. The van der Waals surface area contributed by atoms with E-state index < -0.39 is 6.09 Å². The van der Waals surface area contributed by atoms with Gasteiger partial charge in [-0.05, 0) is 12.1 Å². The molecule has 0 aliphatic carbocycles. The van der Waals surface area contributed by atoms with Gasteiger partial charge < -0.3 is 24.7 Å². The first kappa shape index (κ1) is 19.2. The molecule has 0 saturated carbocycles. The minimum Gasteiger partial charge on any atom is -0.436 e. The second-order valence-corrected chi connectivity index (χ2v) is 6.47. The number of piperazine rings is 1. The summed E-state index contributed by atoms with van der Waals surface area (Å²) in [6.45, 7) is 2.03.